The number of amides is 2. The Hall–Kier alpha value is -2.70. The van der Waals surface area contributed by atoms with Crippen LogP contribution in [0.2, 0.25) is 0 Å². The van der Waals surface area contributed by atoms with Crippen LogP contribution in [0.25, 0.3) is 0 Å². The zero-order valence-corrected chi connectivity index (χ0v) is 17.8. The maximum atomic E-state index is 12.7. The topological polar surface area (TPSA) is 70.7 Å². The summed E-state index contributed by atoms with van der Waals surface area (Å²) < 4.78 is 4.96. The van der Waals surface area contributed by atoms with Crippen LogP contribution in [0, 0.1) is 5.92 Å². The highest BCUT2D eigenvalue weighted by Crippen LogP contribution is 2.19. The molecule has 6 heteroatoms. The van der Waals surface area contributed by atoms with Gasteiger partial charge in [-0.1, -0.05) is 31.2 Å². The molecule has 1 heterocycles. The fraction of sp³-hybridized carbons (Fsp3) is 0.417. The van der Waals surface area contributed by atoms with Crippen LogP contribution in [0.5, 0.6) is 0 Å². The van der Waals surface area contributed by atoms with E-state index in [4.69, 9.17) is 4.74 Å². The summed E-state index contributed by atoms with van der Waals surface area (Å²) in [5.41, 5.74) is 2.70. The van der Waals surface area contributed by atoms with Crippen molar-refractivity contribution in [2.45, 2.75) is 26.3 Å². The second-order valence-corrected chi connectivity index (χ2v) is 7.90. The number of hydrogen-bond acceptors (Lipinski definition) is 4. The van der Waals surface area contributed by atoms with Crippen LogP contribution in [0.3, 0.4) is 0 Å². The van der Waals surface area contributed by atoms with Crippen LogP contribution in [0.15, 0.2) is 48.5 Å². The normalized spacial score (nSPS) is 15.0. The third-order valence-corrected chi connectivity index (χ3v) is 5.51. The molecule has 0 unspecified atom stereocenters. The summed E-state index contributed by atoms with van der Waals surface area (Å²) in [6.45, 7) is 6.34. The van der Waals surface area contributed by atoms with Gasteiger partial charge in [0.15, 0.2) is 0 Å². The molecule has 1 saturated heterocycles. The molecule has 0 saturated carbocycles. The van der Waals surface area contributed by atoms with E-state index in [1.807, 2.05) is 24.3 Å². The zero-order chi connectivity index (χ0) is 21.3. The number of piperidine rings is 1. The molecule has 0 bridgehead atoms. The highest BCUT2D eigenvalue weighted by atomic mass is 16.5. The van der Waals surface area contributed by atoms with Crippen molar-refractivity contribution in [1.29, 1.82) is 0 Å². The number of anilines is 1. The average molecular weight is 410 g/mol. The van der Waals surface area contributed by atoms with E-state index in [1.54, 1.807) is 31.4 Å². The van der Waals surface area contributed by atoms with Crippen molar-refractivity contribution in [2.24, 2.45) is 5.92 Å². The fourth-order valence-electron chi connectivity index (χ4n) is 3.59. The summed E-state index contributed by atoms with van der Waals surface area (Å²) >= 11 is 0. The summed E-state index contributed by atoms with van der Waals surface area (Å²) in [5.74, 6) is 0.344. The van der Waals surface area contributed by atoms with Gasteiger partial charge in [0, 0.05) is 25.8 Å². The van der Waals surface area contributed by atoms with Gasteiger partial charge in [-0.15, -0.1) is 0 Å². The number of nitrogens with one attached hydrogen (secondary N) is 2. The molecular weight excluding hydrogens is 378 g/mol. The molecule has 0 radical (unpaired) electrons. The van der Waals surface area contributed by atoms with Gasteiger partial charge in [0.1, 0.15) is 0 Å². The third-order valence-electron chi connectivity index (χ3n) is 5.51. The van der Waals surface area contributed by atoms with Gasteiger partial charge >= 0.3 is 0 Å². The number of para-hydroxylation sites is 1. The Balaban J connectivity index is 1.60. The van der Waals surface area contributed by atoms with Gasteiger partial charge in [0.2, 0.25) is 0 Å². The summed E-state index contributed by atoms with van der Waals surface area (Å²) in [5, 5.41) is 5.64. The molecule has 30 heavy (non-hydrogen) atoms. The van der Waals surface area contributed by atoms with Crippen LogP contribution in [0.4, 0.5) is 5.69 Å². The Labute approximate surface area is 178 Å². The molecule has 0 atom stereocenters. The van der Waals surface area contributed by atoms with E-state index in [1.165, 1.54) is 18.4 Å². The molecule has 160 valence electrons. The Bertz CT molecular complexity index is 843. The Morgan fingerprint density at radius 1 is 1.03 bits per heavy atom. The molecule has 0 aromatic heterocycles. The number of ether oxygens (including phenoxy) is 1. The summed E-state index contributed by atoms with van der Waals surface area (Å²) in [6.07, 6.45) is 2.50. The van der Waals surface area contributed by atoms with Gasteiger partial charge in [-0.2, -0.15) is 0 Å². The van der Waals surface area contributed by atoms with E-state index in [-0.39, 0.29) is 11.8 Å². The number of likely N-dealkylation sites (tertiary alicyclic amines) is 1. The molecule has 6 nitrogen and oxygen atoms in total. The molecule has 0 spiro atoms. The predicted molar refractivity (Wildman–Crippen MR) is 119 cm³/mol. The third kappa shape index (κ3) is 6.15. The minimum Gasteiger partial charge on any atom is -0.383 e. The molecule has 2 aromatic rings. The second kappa shape index (κ2) is 10.9. The van der Waals surface area contributed by atoms with Gasteiger partial charge in [-0.25, -0.2) is 0 Å². The largest absolute Gasteiger partial charge is 0.383 e. The standard InChI is InChI=1S/C24H31N3O3/c1-18-11-14-27(15-12-18)17-19-7-9-20(10-8-19)23(28)26-22-6-4-3-5-21(22)24(29)25-13-16-30-2/h3-10,18H,11-17H2,1-2H3,(H,25,29)(H,26,28). The van der Waals surface area contributed by atoms with Crippen LogP contribution in [0.1, 0.15) is 46.0 Å². The van der Waals surface area contributed by atoms with Crippen molar-refractivity contribution in [3.8, 4) is 0 Å². The molecule has 2 N–H and O–H groups in total. The van der Waals surface area contributed by atoms with Crippen LogP contribution < -0.4 is 10.6 Å². The Kier molecular flexibility index (Phi) is 7.99. The first-order valence-corrected chi connectivity index (χ1v) is 10.6. The number of rotatable bonds is 8. The second-order valence-electron chi connectivity index (χ2n) is 7.90. The highest BCUT2D eigenvalue weighted by Gasteiger charge is 2.16. The number of hydrogen-bond donors (Lipinski definition) is 2. The number of nitrogens with zero attached hydrogens (tertiary/aromatic N) is 1. The van der Waals surface area contributed by atoms with Gasteiger partial charge in [-0.05, 0) is 61.7 Å². The van der Waals surface area contributed by atoms with Crippen molar-refractivity contribution in [1.82, 2.24) is 10.2 Å². The summed E-state index contributed by atoms with van der Waals surface area (Å²) in [7, 11) is 1.58. The first kappa shape index (κ1) is 22.0. The van der Waals surface area contributed by atoms with Crippen molar-refractivity contribution < 1.29 is 14.3 Å². The molecule has 2 amide bonds. The van der Waals surface area contributed by atoms with Crippen LogP contribution in [-0.2, 0) is 11.3 Å². The van der Waals surface area contributed by atoms with Crippen molar-refractivity contribution in [3.63, 3.8) is 0 Å². The lowest BCUT2D eigenvalue weighted by atomic mass is 9.99. The molecule has 1 aliphatic rings. The number of carbonyl (C=O) groups is 2. The number of methoxy groups -OCH3 is 1. The van der Waals surface area contributed by atoms with Gasteiger partial charge < -0.3 is 15.4 Å². The first-order chi connectivity index (χ1) is 14.6. The van der Waals surface area contributed by atoms with Crippen molar-refractivity contribution in [2.75, 3.05) is 38.7 Å². The zero-order valence-electron chi connectivity index (χ0n) is 17.8. The smallest absolute Gasteiger partial charge is 0.255 e. The summed E-state index contributed by atoms with van der Waals surface area (Å²) in [4.78, 5) is 27.6. The van der Waals surface area contributed by atoms with Crippen LogP contribution >= 0.6 is 0 Å². The van der Waals surface area contributed by atoms with E-state index < -0.39 is 0 Å². The fourth-order valence-corrected chi connectivity index (χ4v) is 3.59. The van der Waals surface area contributed by atoms with Crippen LogP contribution in [-0.4, -0.2) is 50.1 Å². The van der Waals surface area contributed by atoms with Gasteiger partial charge in [-0.3, -0.25) is 14.5 Å². The van der Waals surface area contributed by atoms with E-state index in [2.05, 4.69) is 22.5 Å². The maximum absolute atomic E-state index is 12.7. The van der Waals surface area contributed by atoms with Gasteiger partial charge in [0.05, 0.1) is 17.9 Å². The van der Waals surface area contributed by atoms with E-state index >= 15 is 0 Å². The average Bonchev–Trinajstić information content (AvgIpc) is 2.76. The lowest BCUT2D eigenvalue weighted by Gasteiger charge is -2.30. The molecule has 0 aliphatic carbocycles. The summed E-state index contributed by atoms with van der Waals surface area (Å²) in [6, 6.07) is 14.7. The molecule has 1 aliphatic heterocycles. The molecule has 2 aromatic carbocycles. The highest BCUT2D eigenvalue weighted by molar-refractivity contribution is 6.09. The minimum absolute atomic E-state index is 0.231. The number of carbonyl (C=O) groups excluding carboxylic acids is 2. The number of benzene rings is 2. The van der Waals surface area contributed by atoms with Crippen molar-refractivity contribution in [3.05, 3.63) is 65.2 Å². The van der Waals surface area contributed by atoms with E-state index in [0.717, 1.165) is 25.6 Å². The Morgan fingerprint density at radius 3 is 2.43 bits per heavy atom. The monoisotopic (exact) mass is 409 g/mol. The lowest BCUT2D eigenvalue weighted by molar-refractivity contribution is 0.0938. The van der Waals surface area contributed by atoms with E-state index in [0.29, 0.717) is 30.0 Å². The van der Waals surface area contributed by atoms with Gasteiger partial charge in [0.25, 0.3) is 11.8 Å². The molecule has 1 fully saturated rings. The Morgan fingerprint density at radius 2 is 1.73 bits per heavy atom. The SMILES string of the molecule is COCCNC(=O)c1ccccc1NC(=O)c1ccc(CN2CCC(C)CC2)cc1. The lowest BCUT2D eigenvalue weighted by Crippen LogP contribution is -2.32. The molecular formula is C24H31N3O3. The minimum atomic E-state index is -0.242. The van der Waals surface area contributed by atoms with Crippen molar-refractivity contribution >= 4 is 17.5 Å². The molecule has 3 rings (SSSR count). The first-order valence-electron chi connectivity index (χ1n) is 10.6. The maximum Gasteiger partial charge on any atom is 0.255 e. The van der Waals surface area contributed by atoms with E-state index in [9.17, 15) is 9.59 Å². The quantitative estimate of drug-likeness (QED) is 0.654. The predicted octanol–water partition coefficient (Wildman–Crippen LogP) is 3.55.